The molecule has 1 aromatic heterocycles. The van der Waals surface area contributed by atoms with E-state index < -0.39 is 7.60 Å². The molecular formula is C17H13O4PSe. The van der Waals surface area contributed by atoms with Crippen molar-refractivity contribution in [3.63, 3.8) is 0 Å². The molecule has 116 valence electrons. The molecular weight excluding hydrogens is 378 g/mol. The van der Waals surface area contributed by atoms with Gasteiger partial charge in [0.25, 0.3) is 0 Å². The molecule has 0 amide bonds. The van der Waals surface area contributed by atoms with Gasteiger partial charge >= 0.3 is 139 Å². The van der Waals surface area contributed by atoms with Crippen LogP contribution >= 0.6 is 7.60 Å². The molecule has 0 aliphatic rings. The van der Waals surface area contributed by atoms with E-state index in [0.29, 0.717) is 0 Å². The van der Waals surface area contributed by atoms with Crippen LogP contribution in [0.1, 0.15) is 0 Å². The zero-order valence-corrected chi connectivity index (χ0v) is 14.5. The van der Waals surface area contributed by atoms with Crippen LogP contribution in [-0.4, -0.2) is 24.3 Å². The Morgan fingerprint density at radius 1 is 0.783 bits per heavy atom. The SMILES string of the molecule is O=c1cc(-c2ccccc2)[se]c(-c2ccc(P(=O)(O)O)cc2)c1. The third-order valence-electron chi connectivity index (χ3n) is 3.31. The summed E-state index contributed by atoms with van der Waals surface area (Å²) in [6.45, 7) is 0. The van der Waals surface area contributed by atoms with Crippen molar-refractivity contribution in [1.29, 1.82) is 0 Å². The van der Waals surface area contributed by atoms with Crippen molar-refractivity contribution in [1.82, 2.24) is 0 Å². The summed E-state index contributed by atoms with van der Waals surface area (Å²) in [6.07, 6.45) is 0. The van der Waals surface area contributed by atoms with E-state index in [9.17, 15) is 9.36 Å². The molecule has 0 saturated heterocycles. The first kappa shape index (κ1) is 16.1. The van der Waals surface area contributed by atoms with Crippen LogP contribution in [-0.2, 0) is 4.57 Å². The zero-order chi connectivity index (χ0) is 16.4. The first-order valence-corrected chi connectivity index (χ1v) is 10.1. The zero-order valence-electron chi connectivity index (χ0n) is 11.9. The van der Waals surface area contributed by atoms with E-state index in [-0.39, 0.29) is 25.2 Å². The van der Waals surface area contributed by atoms with Gasteiger partial charge in [-0.1, -0.05) is 0 Å². The molecule has 0 fully saturated rings. The molecule has 3 rings (SSSR count). The topological polar surface area (TPSA) is 74.6 Å². The fraction of sp³-hybridized carbons (Fsp3) is 0. The van der Waals surface area contributed by atoms with Gasteiger partial charge in [-0.05, 0) is 0 Å². The number of hydrogen-bond acceptors (Lipinski definition) is 2. The molecule has 4 nitrogen and oxygen atoms in total. The maximum absolute atomic E-state index is 12.0. The normalized spacial score (nSPS) is 11.4. The summed E-state index contributed by atoms with van der Waals surface area (Å²) < 4.78 is 13.1. The fourth-order valence-electron chi connectivity index (χ4n) is 2.18. The standard InChI is InChI=1S/C17H13O4PSe/c18-14-10-16(12-4-2-1-3-5-12)23-17(11-14)13-6-8-15(9-7-13)22(19,20)21/h1-11H,(H2,19,20,21). The number of rotatable bonds is 3. The Labute approximate surface area is 139 Å². The summed E-state index contributed by atoms with van der Waals surface area (Å²) in [7, 11) is -4.24. The van der Waals surface area contributed by atoms with Gasteiger partial charge in [0.05, 0.1) is 0 Å². The monoisotopic (exact) mass is 392 g/mol. The molecule has 0 atom stereocenters. The average molecular weight is 391 g/mol. The summed E-state index contributed by atoms with van der Waals surface area (Å²) in [4.78, 5) is 30.3. The van der Waals surface area contributed by atoms with Gasteiger partial charge in [0.1, 0.15) is 0 Å². The van der Waals surface area contributed by atoms with Crippen LogP contribution in [0, 0.1) is 0 Å². The molecule has 0 unspecified atom stereocenters. The average Bonchev–Trinajstić information content (AvgIpc) is 2.54. The number of hydrogen-bond donors (Lipinski definition) is 2. The molecule has 2 aromatic carbocycles. The van der Waals surface area contributed by atoms with E-state index in [2.05, 4.69) is 0 Å². The molecule has 0 bridgehead atoms. The Morgan fingerprint density at radius 3 is 1.83 bits per heavy atom. The van der Waals surface area contributed by atoms with Gasteiger partial charge < -0.3 is 0 Å². The van der Waals surface area contributed by atoms with E-state index in [1.165, 1.54) is 12.1 Å². The summed E-state index contributed by atoms with van der Waals surface area (Å²) in [5.41, 5.74) is 1.78. The fourth-order valence-corrected chi connectivity index (χ4v) is 5.02. The van der Waals surface area contributed by atoms with Crippen molar-refractivity contribution in [2.75, 3.05) is 0 Å². The van der Waals surface area contributed by atoms with Crippen molar-refractivity contribution < 1.29 is 14.4 Å². The van der Waals surface area contributed by atoms with Crippen LogP contribution < -0.4 is 10.7 Å². The Morgan fingerprint density at radius 2 is 1.30 bits per heavy atom. The van der Waals surface area contributed by atoms with Crippen LogP contribution in [0.3, 0.4) is 0 Å². The van der Waals surface area contributed by atoms with Gasteiger partial charge in [-0.2, -0.15) is 0 Å². The van der Waals surface area contributed by atoms with E-state index in [1.54, 1.807) is 24.3 Å². The molecule has 0 radical (unpaired) electrons. The second-order valence-corrected chi connectivity index (χ2v) is 8.86. The predicted octanol–water partition coefficient (Wildman–Crippen LogP) is 2.24. The third-order valence-corrected chi connectivity index (χ3v) is 6.69. The number of benzene rings is 2. The van der Waals surface area contributed by atoms with E-state index >= 15 is 0 Å². The van der Waals surface area contributed by atoms with Crippen molar-refractivity contribution in [3.8, 4) is 20.0 Å². The Balaban J connectivity index is 2.05. The van der Waals surface area contributed by atoms with Gasteiger partial charge in [-0.3, -0.25) is 0 Å². The van der Waals surface area contributed by atoms with E-state index in [4.69, 9.17) is 9.79 Å². The Kier molecular flexibility index (Phi) is 4.49. The summed E-state index contributed by atoms with van der Waals surface area (Å²) >= 11 is -0.0428. The van der Waals surface area contributed by atoms with Crippen LogP contribution in [0.15, 0.2) is 71.5 Å². The molecule has 0 spiro atoms. The maximum atomic E-state index is 12.0. The van der Waals surface area contributed by atoms with E-state index in [1.807, 2.05) is 30.3 Å². The predicted molar refractivity (Wildman–Crippen MR) is 92.2 cm³/mol. The molecule has 1 heterocycles. The Hall–Kier alpha value is -1.74. The van der Waals surface area contributed by atoms with E-state index in [0.717, 1.165) is 20.0 Å². The second kappa shape index (κ2) is 6.40. The van der Waals surface area contributed by atoms with Crippen molar-refractivity contribution in [2.24, 2.45) is 0 Å². The third kappa shape index (κ3) is 3.78. The van der Waals surface area contributed by atoms with Crippen LogP contribution in [0.25, 0.3) is 20.0 Å². The van der Waals surface area contributed by atoms with Crippen LogP contribution in [0.4, 0.5) is 0 Å². The molecule has 23 heavy (non-hydrogen) atoms. The van der Waals surface area contributed by atoms with Gasteiger partial charge in [0, 0.05) is 0 Å². The Bertz CT molecular complexity index is 927. The summed E-state index contributed by atoms with van der Waals surface area (Å²) in [5, 5.41) is -0.0182. The van der Waals surface area contributed by atoms with Crippen molar-refractivity contribution in [3.05, 3.63) is 77.0 Å². The molecule has 3 aromatic rings. The molecule has 0 saturated carbocycles. The first-order chi connectivity index (χ1) is 10.9. The molecule has 2 N–H and O–H groups in total. The minimum atomic E-state index is -4.24. The quantitative estimate of drug-likeness (QED) is 0.531. The first-order valence-electron chi connectivity index (χ1n) is 6.81. The second-order valence-electron chi connectivity index (χ2n) is 4.98. The summed E-state index contributed by atoms with van der Waals surface area (Å²) in [5.74, 6) is 0. The molecule has 0 aliphatic carbocycles. The van der Waals surface area contributed by atoms with Crippen molar-refractivity contribution >= 4 is 27.4 Å². The minimum absolute atomic E-state index is 0.0182. The molecule has 6 heteroatoms. The van der Waals surface area contributed by atoms with Crippen molar-refractivity contribution in [2.45, 2.75) is 0 Å². The van der Waals surface area contributed by atoms with Crippen LogP contribution in [0.5, 0.6) is 0 Å². The van der Waals surface area contributed by atoms with Gasteiger partial charge in [-0.25, -0.2) is 0 Å². The molecule has 0 aliphatic heterocycles. The van der Waals surface area contributed by atoms with Gasteiger partial charge in [-0.15, -0.1) is 0 Å². The van der Waals surface area contributed by atoms with Gasteiger partial charge in [0.15, 0.2) is 0 Å². The van der Waals surface area contributed by atoms with Crippen LogP contribution in [0.2, 0.25) is 0 Å². The summed E-state index contributed by atoms with van der Waals surface area (Å²) in [6, 6.07) is 19.1. The van der Waals surface area contributed by atoms with Gasteiger partial charge in [0.2, 0.25) is 0 Å².